The molecule has 7 nitrogen and oxygen atoms in total. The Bertz CT molecular complexity index is 1090. The average Bonchev–Trinajstić information content (AvgIpc) is 3.04. The van der Waals surface area contributed by atoms with Crippen LogP contribution in [-0.4, -0.2) is 42.8 Å². The maximum absolute atomic E-state index is 13.6. The molecule has 2 aliphatic heterocycles. The fourth-order valence-electron chi connectivity index (χ4n) is 5.49. The number of hydrogen-bond acceptors (Lipinski definition) is 6. The molecule has 2 amide bonds. The number of aromatic hydroxyl groups is 1. The smallest absolute Gasteiger partial charge is 0.487 e. The number of carbonyl (C=O) groups is 2. The number of carbonyl (C=O) groups excluding carboxylic acids is 2. The van der Waals surface area contributed by atoms with E-state index in [-0.39, 0.29) is 30.1 Å². The first-order valence-corrected chi connectivity index (χ1v) is 10.8. The summed E-state index contributed by atoms with van der Waals surface area (Å²) in [6.07, 6.45) is 0.267. The zero-order valence-corrected chi connectivity index (χ0v) is 17.7. The molecule has 2 aromatic rings. The van der Waals surface area contributed by atoms with Gasteiger partial charge in [0, 0.05) is 7.11 Å². The first kappa shape index (κ1) is 20.9. The van der Waals surface area contributed by atoms with Gasteiger partial charge in [-0.15, -0.1) is 0 Å². The van der Waals surface area contributed by atoms with Crippen LogP contribution < -0.4 is 4.90 Å². The van der Waals surface area contributed by atoms with Gasteiger partial charge in [0.25, 0.3) is 0 Å². The van der Waals surface area contributed by atoms with Crippen LogP contribution in [-0.2, 0) is 19.0 Å². The molecule has 8 heteroatoms. The molecule has 2 N–H and O–H groups in total. The van der Waals surface area contributed by atoms with Gasteiger partial charge in [-0.2, -0.15) is 0 Å². The number of benzene rings is 2. The second-order valence-corrected chi connectivity index (χ2v) is 8.59. The molecule has 4 atom stereocenters. The maximum atomic E-state index is 13.6. The maximum Gasteiger partial charge on any atom is 0.487 e. The van der Waals surface area contributed by atoms with E-state index in [1.807, 2.05) is 12.1 Å². The van der Waals surface area contributed by atoms with Crippen molar-refractivity contribution in [1.29, 1.82) is 0 Å². The summed E-state index contributed by atoms with van der Waals surface area (Å²) in [5.74, 6) is -1.79. The molecule has 0 unspecified atom stereocenters. The highest BCUT2D eigenvalue weighted by Gasteiger charge is 2.58. The van der Waals surface area contributed by atoms with Crippen molar-refractivity contribution in [3.05, 3.63) is 71.2 Å². The first-order chi connectivity index (χ1) is 15.5. The number of phenolic OH excluding ortho intramolecular Hbond substituents is 1. The molecule has 2 heterocycles. The molecule has 0 aromatic heterocycles. The van der Waals surface area contributed by atoms with Gasteiger partial charge in [-0.1, -0.05) is 30.3 Å². The van der Waals surface area contributed by atoms with Crippen LogP contribution >= 0.6 is 0 Å². The highest BCUT2D eigenvalue weighted by atomic mass is 16.5. The molecule has 2 aromatic carbocycles. The number of amides is 2. The van der Waals surface area contributed by atoms with Crippen LogP contribution in [0.3, 0.4) is 0 Å². The summed E-state index contributed by atoms with van der Waals surface area (Å²) in [4.78, 5) is 28.2. The molecule has 5 rings (SSSR count). The van der Waals surface area contributed by atoms with Crippen LogP contribution in [0.25, 0.3) is 0 Å². The Hall–Kier alpha value is -2.94. The number of hydrogen-bond donors (Lipinski definition) is 2. The van der Waals surface area contributed by atoms with E-state index in [2.05, 4.69) is 0 Å². The Kier molecular flexibility index (Phi) is 5.37. The number of phenols is 1. The van der Waals surface area contributed by atoms with Crippen molar-refractivity contribution < 1.29 is 29.1 Å². The van der Waals surface area contributed by atoms with Gasteiger partial charge in [0.1, 0.15) is 5.75 Å². The Morgan fingerprint density at radius 2 is 1.88 bits per heavy atom. The number of rotatable bonds is 4. The lowest BCUT2D eigenvalue weighted by Crippen LogP contribution is -2.45. The number of para-hydroxylation sites is 1. The van der Waals surface area contributed by atoms with Gasteiger partial charge < -0.3 is 19.5 Å². The largest absolute Gasteiger partial charge is 0.508 e. The summed E-state index contributed by atoms with van der Waals surface area (Å²) in [5, 5.41) is 20.8. The molecule has 3 aliphatic rings. The van der Waals surface area contributed by atoms with Crippen LogP contribution in [0.5, 0.6) is 5.75 Å². The lowest BCUT2D eigenvalue weighted by molar-refractivity contribution is -0.123. The van der Waals surface area contributed by atoms with Crippen LogP contribution in [0.15, 0.2) is 65.6 Å². The number of anilines is 1. The molecule has 2 saturated heterocycles. The third-order valence-electron chi connectivity index (χ3n) is 6.79. The quantitative estimate of drug-likeness (QED) is 0.569. The van der Waals surface area contributed by atoms with Crippen molar-refractivity contribution in [3.63, 3.8) is 0 Å². The topological polar surface area (TPSA) is 96.3 Å². The van der Waals surface area contributed by atoms with E-state index < -0.39 is 25.1 Å². The molecule has 1 aliphatic carbocycles. The molecule has 2 fully saturated rings. The molecule has 0 radical (unpaired) electrons. The van der Waals surface area contributed by atoms with E-state index >= 15 is 0 Å². The van der Waals surface area contributed by atoms with E-state index in [4.69, 9.17) is 9.39 Å². The molecule has 164 valence electrons. The molecular weight excluding hydrogens is 409 g/mol. The van der Waals surface area contributed by atoms with Crippen molar-refractivity contribution in [3.8, 4) is 5.75 Å². The number of fused-ring (bicyclic) bond motifs is 3. The minimum atomic E-state index is -1.21. The van der Waals surface area contributed by atoms with Crippen LogP contribution in [0.4, 0.5) is 5.69 Å². The van der Waals surface area contributed by atoms with Crippen molar-refractivity contribution in [2.24, 2.45) is 17.8 Å². The van der Waals surface area contributed by atoms with Gasteiger partial charge in [-0.25, -0.2) is 0 Å². The number of nitrogens with zero attached hydrogens (tertiary/aromatic N) is 1. The molecule has 0 bridgehead atoms. The highest BCUT2D eigenvalue weighted by Crippen LogP contribution is 2.52. The summed E-state index contributed by atoms with van der Waals surface area (Å²) in [6.45, 7) is 0.263. The van der Waals surface area contributed by atoms with Gasteiger partial charge in [-0.3, -0.25) is 14.5 Å². The third kappa shape index (κ3) is 3.35. The SMILES string of the molecule is COCC1=C2B(O)O[C@H](c3cccc(O)c3)C[C@H]2[C@H]2C(=O)N(c3ccccc3)C(=O)[C@H]2C1. The van der Waals surface area contributed by atoms with Crippen molar-refractivity contribution >= 4 is 24.6 Å². The van der Waals surface area contributed by atoms with Crippen molar-refractivity contribution in [1.82, 2.24) is 0 Å². The van der Waals surface area contributed by atoms with Gasteiger partial charge >= 0.3 is 7.12 Å². The molecule has 32 heavy (non-hydrogen) atoms. The van der Waals surface area contributed by atoms with E-state index in [9.17, 15) is 19.7 Å². The van der Waals surface area contributed by atoms with Gasteiger partial charge in [0.15, 0.2) is 0 Å². The number of ether oxygens (including phenoxy) is 1. The van der Waals surface area contributed by atoms with E-state index in [0.717, 1.165) is 11.1 Å². The third-order valence-corrected chi connectivity index (χ3v) is 6.79. The van der Waals surface area contributed by atoms with Gasteiger partial charge in [0.05, 0.1) is 30.2 Å². The first-order valence-electron chi connectivity index (χ1n) is 10.8. The minimum absolute atomic E-state index is 0.103. The Labute approximate surface area is 186 Å². The van der Waals surface area contributed by atoms with Crippen LogP contribution in [0, 0.1) is 17.8 Å². The number of methoxy groups -OCH3 is 1. The normalized spacial score (nSPS) is 27.6. The summed E-state index contributed by atoms with van der Waals surface area (Å²) < 4.78 is 11.3. The van der Waals surface area contributed by atoms with E-state index in [1.54, 1.807) is 49.6 Å². The van der Waals surface area contributed by atoms with E-state index in [1.165, 1.54) is 4.90 Å². The summed E-state index contributed by atoms with van der Waals surface area (Å²) in [6, 6.07) is 15.7. The monoisotopic (exact) mass is 433 g/mol. The lowest BCUT2D eigenvalue weighted by Gasteiger charge is -2.42. The fraction of sp³-hybridized carbons (Fsp3) is 0.333. The Morgan fingerprint density at radius 1 is 1.09 bits per heavy atom. The van der Waals surface area contributed by atoms with E-state index in [0.29, 0.717) is 24.0 Å². The number of allylic oxidation sites excluding steroid dienone is 1. The molecular formula is C24H24BNO6. The number of imide groups is 1. The summed E-state index contributed by atoms with van der Waals surface area (Å²) in [7, 11) is 0.360. The minimum Gasteiger partial charge on any atom is -0.508 e. The fourth-order valence-corrected chi connectivity index (χ4v) is 5.49. The zero-order valence-electron chi connectivity index (χ0n) is 17.7. The van der Waals surface area contributed by atoms with Crippen LogP contribution in [0.2, 0.25) is 0 Å². The lowest BCUT2D eigenvalue weighted by atomic mass is 9.55. The summed E-state index contributed by atoms with van der Waals surface area (Å²) in [5.41, 5.74) is 2.75. The molecule has 0 spiro atoms. The Morgan fingerprint density at radius 3 is 2.59 bits per heavy atom. The second-order valence-electron chi connectivity index (χ2n) is 8.59. The van der Waals surface area contributed by atoms with Crippen molar-refractivity contribution in [2.45, 2.75) is 18.9 Å². The Balaban J connectivity index is 1.55. The van der Waals surface area contributed by atoms with Gasteiger partial charge in [0.2, 0.25) is 11.8 Å². The standard InChI is InChI=1S/C24H24BNO6/c1-31-13-15-11-19-21(24(29)26(23(19)28)16-7-3-2-4-8-16)18-12-20(32-25(30)22(15)18)14-6-5-9-17(27)10-14/h2-10,18-21,27,30H,11-13H2,1H3/t18-,19-,20-,21+/m0/s1. The van der Waals surface area contributed by atoms with Crippen molar-refractivity contribution in [2.75, 3.05) is 18.6 Å². The highest BCUT2D eigenvalue weighted by molar-refractivity contribution is 6.53. The summed E-state index contributed by atoms with van der Waals surface area (Å²) >= 11 is 0. The predicted octanol–water partition coefficient (Wildman–Crippen LogP) is 2.64. The zero-order chi connectivity index (χ0) is 22.4. The average molecular weight is 433 g/mol. The predicted molar refractivity (Wildman–Crippen MR) is 117 cm³/mol. The molecule has 0 saturated carbocycles. The second kappa shape index (κ2) is 8.20. The van der Waals surface area contributed by atoms with Crippen LogP contribution in [0.1, 0.15) is 24.5 Å². The van der Waals surface area contributed by atoms with Gasteiger partial charge in [-0.05, 0) is 59.6 Å².